The van der Waals surface area contributed by atoms with Crippen molar-refractivity contribution in [2.45, 2.75) is 19.9 Å². The van der Waals surface area contributed by atoms with Gasteiger partial charge in [-0.1, -0.05) is 16.8 Å². The van der Waals surface area contributed by atoms with Crippen molar-refractivity contribution < 1.29 is 13.3 Å². The van der Waals surface area contributed by atoms with Gasteiger partial charge in [0, 0.05) is 17.1 Å². The summed E-state index contributed by atoms with van der Waals surface area (Å²) in [5.74, 6) is -1.69. The van der Waals surface area contributed by atoms with Crippen molar-refractivity contribution in [1.82, 2.24) is 24.1 Å². The van der Waals surface area contributed by atoms with Gasteiger partial charge in [-0.15, -0.1) is 0 Å². The SMILES string of the molecule is CC(C)n1c(=O)c2c(-c3noc(-c4ccc(F)cc4F)n3)ncn2c2ccc(Cl)cc21. The fourth-order valence-corrected chi connectivity index (χ4v) is 3.79. The zero-order chi connectivity index (χ0) is 21.9. The van der Waals surface area contributed by atoms with Gasteiger partial charge < -0.3 is 9.09 Å². The fraction of sp³-hybridized carbons (Fsp3) is 0.143. The molecule has 0 spiro atoms. The Morgan fingerprint density at radius 3 is 2.65 bits per heavy atom. The average Bonchev–Trinajstić information content (AvgIpc) is 3.35. The predicted octanol–water partition coefficient (Wildman–Crippen LogP) is 4.88. The van der Waals surface area contributed by atoms with Crippen LogP contribution >= 0.6 is 11.6 Å². The topological polar surface area (TPSA) is 78.2 Å². The third-order valence-corrected chi connectivity index (χ3v) is 5.20. The third-order valence-electron chi connectivity index (χ3n) is 4.96. The lowest BCUT2D eigenvalue weighted by Gasteiger charge is -2.15. The van der Waals surface area contributed by atoms with Gasteiger partial charge >= 0.3 is 0 Å². The van der Waals surface area contributed by atoms with E-state index in [-0.39, 0.29) is 40.1 Å². The molecule has 0 N–H and O–H groups in total. The lowest BCUT2D eigenvalue weighted by molar-refractivity contribution is 0.429. The summed E-state index contributed by atoms with van der Waals surface area (Å²) in [6.45, 7) is 3.77. The number of benzene rings is 2. The number of fused-ring (bicyclic) bond motifs is 3. The fourth-order valence-electron chi connectivity index (χ4n) is 3.62. The Bertz CT molecular complexity index is 1540. The zero-order valence-corrected chi connectivity index (χ0v) is 17.1. The highest BCUT2D eigenvalue weighted by molar-refractivity contribution is 6.31. The molecule has 7 nitrogen and oxygen atoms in total. The molecule has 0 aliphatic carbocycles. The summed E-state index contributed by atoms with van der Waals surface area (Å²) in [6.07, 6.45) is 1.49. The van der Waals surface area contributed by atoms with Crippen LogP contribution in [0.15, 0.2) is 52.0 Å². The molecule has 0 bridgehead atoms. The second-order valence-corrected chi connectivity index (χ2v) is 7.70. The Morgan fingerprint density at radius 1 is 1.10 bits per heavy atom. The Kier molecular flexibility index (Phi) is 4.37. The van der Waals surface area contributed by atoms with Crippen LogP contribution in [-0.2, 0) is 0 Å². The molecular formula is C21H14ClF2N5O2. The number of nitrogens with zero attached hydrogens (tertiary/aromatic N) is 5. The number of rotatable bonds is 3. The average molecular weight is 442 g/mol. The molecule has 0 radical (unpaired) electrons. The standard InChI is InChI=1S/C21H14ClF2N5O2/c1-10(2)29-16-7-11(22)3-6-15(16)28-9-25-17(18(28)21(29)30)19-26-20(31-27-19)13-5-4-12(23)8-14(13)24/h3-10H,1-2H3. The van der Waals surface area contributed by atoms with Gasteiger partial charge in [-0.25, -0.2) is 13.8 Å². The molecule has 0 atom stereocenters. The van der Waals surface area contributed by atoms with Gasteiger partial charge in [0.05, 0.1) is 16.6 Å². The molecule has 156 valence electrons. The Morgan fingerprint density at radius 2 is 1.90 bits per heavy atom. The van der Waals surface area contributed by atoms with Crippen molar-refractivity contribution in [2.24, 2.45) is 0 Å². The Labute approximate surface area is 178 Å². The number of aromatic nitrogens is 5. The number of halogens is 3. The lowest BCUT2D eigenvalue weighted by atomic mass is 10.2. The van der Waals surface area contributed by atoms with Crippen LogP contribution in [0.25, 0.3) is 39.5 Å². The van der Waals surface area contributed by atoms with E-state index in [1.807, 2.05) is 13.8 Å². The first-order chi connectivity index (χ1) is 14.8. The van der Waals surface area contributed by atoms with Crippen LogP contribution in [0.3, 0.4) is 0 Å². The molecule has 0 aliphatic heterocycles. The highest BCUT2D eigenvalue weighted by Crippen LogP contribution is 2.28. The van der Waals surface area contributed by atoms with E-state index in [4.69, 9.17) is 16.1 Å². The van der Waals surface area contributed by atoms with Crippen molar-refractivity contribution >= 4 is 28.2 Å². The normalized spacial score (nSPS) is 11.8. The molecule has 3 heterocycles. The molecule has 2 aromatic carbocycles. The molecule has 5 rings (SSSR count). The van der Waals surface area contributed by atoms with E-state index in [1.54, 1.807) is 27.2 Å². The number of imidazole rings is 1. The third kappa shape index (κ3) is 3.00. The van der Waals surface area contributed by atoms with Crippen molar-refractivity contribution in [3.8, 4) is 23.0 Å². The molecule has 10 heteroatoms. The van der Waals surface area contributed by atoms with E-state index in [0.29, 0.717) is 10.5 Å². The second kappa shape index (κ2) is 6.98. The summed E-state index contributed by atoms with van der Waals surface area (Å²) in [5, 5.41) is 4.37. The molecule has 0 amide bonds. The molecule has 0 fully saturated rings. The number of hydrogen-bond acceptors (Lipinski definition) is 5. The van der Waals surface area contributed by atoms with E-state index in [9.17, 15) is 13.6 Å². The first-order valence-corrected chi connectivity index (χ1v) is 9.73. The Balaban J connectivity index is 1.76. The maximum absolute atomic E-state index is 14.1. The van der Waals surface area contributed by atoms with Gasteiger partial charge in [0.2, 0.25) is 5.82 Å². The summed E-state index contributed by atoms with van der Waals surface area (Å²) in [5.41, 5.74) is 1.45. The molecule has 0 unspecified atom stereocenters. The molecule has 3 aromatic heterocycles. The smallest absolute Gasteiger partial charge is 0.278 e. The van der Waals surface area contributed by atoms with Crippen LogP contribution in [0.4, 0.5) is 8.78 Å². The van der Waals surface area contributed by atoms with Crippen molar-refractivity contribution in [3.63, 3.8) is 0 Å². The first-order valence-electron chi connectivity index (χ1n) is 9.35. The summed E-state index contributed by atoms with van der Waals surface area (Å²) in [4.78, 5) is 21.9. The van der Waals surface area contributed by atoms with E-state index in [0.717, 1.165) is 17.6 Å². The van der Waals surface area contributed by atoms with E-state index < -0.39 is 11.6 Å². The molecule has 0 saturated heterocycles. The summed E-state index contributed by atoms with van der Waals surface area (Å²) >= 11 is 6.16. The zero-order valence-electron chi connectivity index (χ0n) is 16.3. The molecule has 31 heavy (non-hydrogen) atoms. The minimum Gasteiger partial charge on any atom is -0.333 e. The molecular weight excluding hydrogens is 428 g/mol. The summed E-state index contributed by atoms with van der Waals surface area (Å²) < 4.78 is 35.7. The van der Waals surface area contributed by atoms with Crippen LogP contribution in [0.2, 0.25) is 5.02 Å². The minimum absolute atomic E-state index is 0.0157. The highest BCUT2D eigenvalue weighted by atomic mass is 35.5. The maximum Gasteiger partial charge on any atom is 0.278 e. The van der Waals surface area contributed by atoms with Crippen LogP contribution in [-0.4, -0.2) is 24.1 Å². The molecule has 5 aromatic rings. The van der Waals surface area contributed by atoms with Gasteiger partial charge in [-0.05, 0) is 44.2 Å². The highest BCUT2D eigenvalue weighted by Gasteiger charge is 2.23. The van der Waals surface area contributed by atoms with Crippen molar-refractivity contribution in [1.29, 1.82) is 0 Å². The summed E-state index contributed by atoms with van der Waals surface area (Å²) in [6, 6.07) is 8.11. The van der Waals surface area contributed by atoms with Crippen LogP contribution in [0.5, 0.6) is 0 Å². The van der Waals surface area contributed by atoms with E-state index in [2.05, 4.69) is 15.1 Å². The minimum atomic E-state index is -0.838. The molecule has 0 aliphatic rings. The number of hydrogen-bond donors (Lipinski definition) is 0. The predicted molar refractivity (Wildman–Crippen MR) is 111 cm³/mol. The first kappa shape index (κ1) is 19.4. The van der Waals surface area contributed by atoms with Crippen LogP contribution in [0.1, 0.15) is 19.9 Å². The van der Waals surface area contributed by atoms with Crippen LogP contribution < -0.4 is 5.56 Å². The second-order valence-electron chi connectivity index (χ2n) is 7.26. The quantitative estimate of drug-likeness (QED) is 0.399. The Hall–Kier alpha value is -3.59. The monoisotopic (exact) mass is 441 g/mol. The summed E-state index contributed by atoms with van der Waals surface area (Å²) in [7, 11) is 0. The van der Waals surface area contributed by atoms with E-state index in [1.165, 1.54) is 12.4 Å². The van der Waals surface area contributed by atoms with Gasteiger partial charge in [0.25, 0.3) is 11.4 Å². The van der Waals surface area contributed by atoms with Crippen molar-refractivity contribution in [3.05, 3.63) is 69.7 Å². The van der Waals surface area contributed by atoms with Crippen LogP contribution in [0, 0.1) is 11.6 Å². The molecule has 0 saturated carbocycles. The lowest BCUT2D eigenvalue weighted by Crippen LogP contribution is -2.24. The van der Waals surface area contributed by atoms with Gasteiger partial charge in [0.1, 0.15) is 29.2 Å². The van der Waals surface area contributed by atoms with E-state index >= 15 is 0 Å². The van der Waals surface area contributed by atoms with Gasteiger partial charge in [-0.2, -0.15) is 4.98 Å². The van der Waals surface area contributed by atoms with Gasteiger partial charge in [0.15, 0.2) is 0 Å². The van der Waals surface area contributed by atoms with Gasteiger partial charge in [-0.3, -0.25) is 9.20 Å². The maximum atomic E-state index is 14.1. The van der Waals surface area contributed by atoms with Crippen molar-refractivity contribution in [2.75, 3.05) is 0 Å². The largest absolute Gasteiger partial charge is 0.333 e.